The van der Waals surface area contributed by atoms with Gasteiger partial charge in [0.2, 0.25) is 10.0 Å². The fraction of sp³-hybridized carbons (Fsp3) is 0.364. The molecular formula is C22H27Cl2N7O5S. The van der Waals surface area contributed by atoms with Crippen LogP contribution in [0.4, 0.5) is 11.5 Å². The highest BCUT2D eigenvalue weighted by Gasteiger charge is 2.28. The van der Waals surface area contributed by atoms with Crippen LogP contribution in [0.3, 0.4) is 0 Å². The number of aromatic carboxylic acids is 1. The van der Waals surface area contributed by atoms with Gasteiger partial charge in [0.05, 0.1) is 29.2 Å². The number of carbonyl (C=O) groups is 2. The first kappa shape index (κ1) is 28.4. The summed E-state index contributed by atoms with van der Waals surface area (Å²) in [5.74, 6) is -1.30. The number of rotatable bonds is 7. The molecule has 0 bridgehead atoms. The first-order valence-corrected chi connectivity index (χ1v) is 13.3. The topological polar surface area (TPSA) is 163 Å². The number of fused-ring (bicyclic) bond motifs is 1. The van der Waals surface area contributed by atoms with Crippen LogP contribution in [0.15, 0.2) is 30.5 Å². The van der Waals surface area contributed by atoms with Crippen molar-refractivity contribution in [2.75, 3.05) is 36.0 Å². The molecule has 200 valence electrons. The number of carbonyl (C=O) groups excluding carboxylic acids is 1. The Balaban J connectivity index is 0.00000380. The Bertz CT molecular complexity index is 1460. The number of hydrogen-bond acceptors (Lipinski definition) is 8. The van der Waals surface area contributed by atoms with E-state index >= 15 is 0 Å². The van der Waals surface area contributed by atoms with E-state index in [1.807, 2.05) is 4.90 Å². The van der Waals surface area contributed by atoms with Crippen LogP contribution in [0, 0.1) is 0 Å². The zero-order valence-electron chi connectivity index (χ0n) is 20.3. The molecule has 0 unspecified atom stereocenters. The van der Waals surface area contributed by atoms with E-state index in [4.69, 9.17) is 17.3 Å². The highest BCUT2D eigenvalue weighted by atomic mass is 35.5. The Hall–Kier alpha value is -3.13. The second kappa shape index (κ2) is 10.7. The van der Waals surface area contributed by atoms with E-state index in [9.17, 15) is 23.1 Å². The predicted octanol–water partition coefficient (Wildman–Crippen LogP) is 2.24. The minimum atomic E-state index is -3.63. The van der Waals surface area contributed by atoms with Gasteiger partial charge in [0.25, 0.3) is 5.91 Å². The van der Waals surface area contributed by atoms with E-state index < -0.39 is 27.9 Å². The van der Waals surface area contributed by atoms with Crippen LogP contribution < -0.4 is 15.4 Å². The second-order valence-corrected chi connectivity index (χ2v) is 11.0. The maximum atomic E-state index is 13.3. The summed E-state index contributed by atoms with van der Waals surface area (Å²) in [7, 11) is -2.08. The van der Waals surface area contributed by atoms with Gasteiger partial charge in [0.1, 0.15) is 11.4 Å². The monoisotopic (exact) mass is 571 g/mol. The molecule has 2 atom stereocenters. The van der Waals surface area contributed by atoms with Gasteiger partial charge in [-0.1, -0.05) is 11.6 Å². The van der Waals surface area contributed by atoms with Crippen molar-refractivity contribution in [2.45, 2.75) is 25.4 Å². The molecule has 1 saturated heterocycles. The van der Waals surface area contributed by atoms with Crippen molar-refractivity contribution in [3.8, 4) is 0 Å². The van der Waals surface area contributed by atoms with Gasteiger partial charge in [0.15, 0.2) is 5.65 Å². The Kier molecular flexibility index (Phi) is 8.22. The maximum Gasteiger partial charge on any atom is 0.341 e. The molecule has 1 aliphatic heterocycles. The number of carboxylic acids is 1. The van der Waals surface area contributed by atoms with Gasteiger partial charge in [-0.05, 0) is 31.5 Å². The summed E-state index contributed by atoms with van der Waals surface area (Å²) in [4.78, 5) is 33.0. The average molecular weight is 572 g/mol. The molecular weight excluding hydrogens is 545 g/mol. The van der Waals surface area contributed by atoms with Crippen LogP contribution in [-0.2, 0) is 10.0 Å². The van der Waals surface area contributed by atoms with Crippen LogP contribution in [0.25, 0.3) is 5.65 Å². The van der Waals surface area contributed by atoms with Crippen LogP contribution in [-0.4, -0.2) is 77.3 Å². The number of anilines is 2. The molecule has 0 aliphatic carbocycles. The van der Waals surface area contributed by atoms with Crippen molar-refractivity contribution in [2.24, 2.45) is 5.73 Å². The number of benzene rings is 1. The average Bonchev–Trinajstić information content (AvgIpc) is 3.42. The minimum absolute atomic E-state index is 0. The quantitative estimate of drug-likeness (QED) is 0.385. The molecule has 4 rings (SSSR count). The molecule has 4 N–H and O–H groups in total. The molecule has 12 nitrogen and oxygen atoms in total. The van der Waals surface area contributed by atoms with E-state index in [2.05, 4.69) is 14.8 Å². The molecule has 37 heavy (non-hydrogen) atoms. The number of carboxylic acid groups (broad SMARTS) is 1. The molecule has 2 aromatic heterocycles. The Morgan fingerprint density at radius 3 is 2.59 bits per heavy atom. The van der Waals surface area contributed by atoms with Crippen molar-refractivity contribution in [1.82, 2.24) is 19.5 Å². The molecule has 1 aromatic carbocycles. The largest absolute Gasteiger partial charge is 0.477 e. The van der Waals surface area contributed by atoms with E-state index in [1.165, 1.54) is 33.8 Å². The lowest BCUT2D eigenvalue weighted by Crippen LogP contribution is -2.31. The third-order valence-electron chi connectivity index (χ3n) is 6.04. The summed E-state index contributed by atoms with van der Waals surface area (Å²) in [5.41, 5.74) is 7.04. The maximum absolute atomic E-state index is 13.3. The number of aromatic nitrogens is 3. The molecule has 15 heteroatoms. The Morgan fingerprint density at radius 1 is 1.30 bits per heavy atom. The van der Waals surface area contributed by atoms with Gasteiger partial charge >= 0.3 is 5.97 Å². The molecule has 0 radical (unpaired) electrons. The number of sulfonamides is 1. The highest BCUT2D eigenvalue weighted by molar-refractivity contribution is 7.92. The number of nitrogens with zero attached hydrogens (tertiary/aromatic N) is 5. The predicted molar refractivity (Wildman–Crippen MR) is 142 cm³/mol. The summed E-state index contributed by atoms with van der Waals surface area (Å²) in [6.07, 6.45) is 3.12. The van der Waals surface area contributed by atoms with Crippen LogP contribution >= 0.6 is 24.0 Å². The molecule has 1 fully saturated rings. The summed E-state index contributed by atoms with van der Waals surface area (Å²) >= 11 is 6.07. The smallest absolute Gasteiger partial charge is 0.341 e. The molecule has 3 aromatic rings. The summed E-state index contributed by atoms with van der Waals surface area (Å²) in [6, 6.07) is 5.34. The standard InChI is InChI=1S/C22H26ClN7O5S.ClH/c1-12(28(2)21(31)15-8-13(23)4-5-17(15)27-36(3,34)35)18-9-19-25-20(29-7-6-14(24)10-29)16(22(32)33)11-30(19)26-18;/h4-5,8-9,11-12,14,27H,6-7,10,24H2,1-3H3,(H,32,33);1H/t12-,14-;/m0./s1. The van der Waals surface area contributed by atoms with Gasteiger partial charge < -0.3 is 20.6 Å². The summed E-state index contributed by atoms with van der Waals surface area (Å²) in [5, 5.41) is 14.5. The number of nitrogens with one attached hydrogen (secondary N) is 1. The SMILES string of the molecule is C[C@@H](c1cc2nc(N3CC[C@H](N)C3)c(C(=O)O)cn2n1)N(C)C(=O)c1cc(Cl)ccc1NS(C)(=O)=O.Cl. The molecule has 0 spiro atoms. The van der Waals surface area contributed by atoms with Gasteiger partial charge in [-0.3, -0.25) is 9.52 Å². The van der Waals surface area contributed by atoms with Crippen molar-refractivity contribution in [3.05, 3.63) is 52.3 Å². The third kappa shape index (κ3) is 6.06. The van der Waals surface area contributed by atoms with Crippen molar-refractivity contribution >= 4 is 63.1 Å². The fourth-order valence-electron chi connectivity index (χ4n) is 4.05. The van der Waals surface area contributed by atoms with Crippen molar-refractivity contribution in [3.63, 3.8) is 0 Å². The first-order chi connectivity index (χ1) is 16.8. The lowest BCUT2D eigenvalue weighted by molar-refractivity contribution is 0.0695. The summed E-state index contributed by atoms with van der Waals surface area (Å²) < 4.78 is 27.2. The van der Waals surface area contributed by atoms with Gasteiger partial charge in [-0.15, -0.1) is 12.4 Å². The second-order valence-electron chi connectivity index (χ2n) is 8.81. The fourth-order valence-corrected chi connectivity index (χ4v) is 4.80. The van der Waals surface area contributed by atoms with Gasteiger partial charge in [0, 0.05) is 43.5 Å². The van der Waals surface area contributed by atoms with E-state index in [-0.39, 0.29) is 40.3 Å². The number of nitrogens with two attached hydrogens (primary N) is 1. The first-order valence-electron chi connectivity index (χ1n) is 11.0. The van der Waals surface area contributed by atoms with E-state index in [1.54, 1.807) is 20.0 Å². The molecule has 0 saturated carbocycles. The number of hydrogen-bond donors (Lipinski definition) is 3. The van der Waals surface area contributed by atoms with Crippen molar-refractivity contribution < 1.29 is 23.1 Å². The number of halogens is 2. The molecule has 1 amide bonds. The van der Waals surface area contributed by atoms with Crippen molar-refractivity contribution in [1.29, 1.82) is 0 Å². The molecule has 3 heterocycles. The normalized spacial score (nSPS) is 16.4. The Morgan fingerprint density at radius 2 is 2.00 bits per heavy atom. The Labute approximate surface area is 224 Å². The van der Waals surface area contributed by atoms with Gasteiger partial charge in [-0.2, -0.15) is 5.10 Å². The van der Waals surface area contributed by atoms with Gasteiger partial charge in [-0.25, -0.2) is 22.7 Å². The highest BCUT2D eigenvalue weighted by Crippen LogP contribution is 2.28. The van der Waals surface area contributed by atoms with E-state index in [0.29, 0.717) is 30.2 Å². The minimum Gasteiger partial charge on any atom is -0.477 e. The summed E-state index contributed by atoms with van der Waals surface area (Å²) in [6.45, 7) is 2.84. The van der Waals surface area contributed by atoms with E-state index in [0.717, 1.165) is 12.7 Å². The number of amides is 1. The lowest BCUT2D eigenvalue weighted by Gasteiger charge is -2.24. The third-order valence-corrected chi connectivity index (χ3v) is 6.86. The molecule has 1 aliphatic rings. The van der Waals surface area contributed by atoms with Crippen LogP contribution in [0.2, 0.25) is 5.02 Å². The zero-order valence-corrected chi connectivity index (χ0v) is 22.6. The van der Waals surface area contributed by atoms with Crippen LogP contribution in [0.1, 0.15) is 45.8 Å². The zero-order chi connectivity index (χ0) is 26.4. The lowest BCUT2D eigenvalue weighted by atomic mass is 10.1. The van der Waals surface area contributed by atoms with Crippen LogP contribution in [0.5, 0.6) is 0 Å².